The molecule has 0 aliphatic carbocycles. The van der Waals surface area contributed by atoms with E-state index in [4.69, 9.17) is 0 Å². The fourth-order valence-corrected chi connectivity index (χ4v) is 2.22. The van der Waals surface area contributed by atoms with Gasteiger partial charge < -0.3 is 10.1 Å². The first-order valence-electron chi connectivity index (χ1n) is 6.84. The van der Waals surface area contributed by atoms with Crippen LogP contribution in [0, 0.1) is 6.92 Å². The van der Waals surface area contributed by atoms with E-state index in [9.17, 15) is 13.6 Å². The zero-order chi connectivity index (χ0) is 16.4. The van der Waals surface area contributed by atoms with Crippen LogP contribution < -0.4 is 10.1 Å². The molecule has 0 saturated heterocycles. The van der Waals surface area contributed by atoms with Crippen LogP contribution >= 0.6 is 0 Å². The summed E-state index contributed by atoms with van der Waals surface area (Å²) >= 11 is 0. The zero-order valence-electron chi connectivity index (χ0n) is 12.2. The molecule has 1 N–H and O–H groups in total. The maximum absolute atomic E-state index is 12.4. The lowest BCUT2D eigenvalue weighted by atomic mass is 10.2. The van der Waals surface area contributed by atoms with Crippen molar-refractivity contribution in [3.05, 3.63) is 59.9 Å². The number of aromatic nitrogens is 2. The molecule has 0 atom stereocenters. The molecule has 0 spiro atoms. The van der Waals surface area contributed by atoms with Crippen molar-refractivity contribution in [1.82, 2.24) is 9.61 Å². The summed E-state index contributed by atoms with van der Waals surface area (Å²) in [6.45, 7) is -1.06. The molecule has 0 aliphatic rings. The Morgan fingerprint density at radius 3 is 2.87 bits per heavy atom. The molecule has 5 nitrogen and oxygen atoms in total. The molecule has 1 amide bonds. The topological polar surface area (TPSA) is 55.6 Å². The lowest BCUT2D eigenvalue weighted by Crippen LogP contribution is -2.13. The number of halogens is 2. The second-order valence-electron chi connectivity index (χ2n) is 4.92. The third-order valence-electron chi connectivity index (χ3n) is 3.27. The van der Waals surface area contributed by atoms with Crippen molar-refractivity contribution < 1.29 is 18.3 Å². The Hall–Kier alpha value is -2.96. The average molecular weight is 317 g/mol. The van der Waals surface area contributed by atoms with Gasteiger partial charge >= 0.3 is 6.61 Å². The zero-order valence-corrected chi connectivity index (χ0v) is 12.2. The Balaban J connectivity index is 1.91. The fourth-order valence-electron chi connectivity index (χ4n) is 2.22. The summed E-state index contributed by atoms with van der Waals surface area (Å²) in [6, 6.07) is 9.71. The van der Waals surface area contributed by atoms with Crippen molar-refractivity contribution in [2.24, 2.45) is 0 Å². The Bertz CT molecular complexity index is 861. The smallest absolute Gasteiger partial charge is 0.387 e. The van der Waals surface area contributed by atoms with E-state index in [-0.39, 0.29) is 11.4 Å². The Morgan fingerprint density at radius 1 is 1.30 bits per heavy atom. The molecule has 0 aliphatic heterocycles. The quantitative estimate of drug-likeness (QED) is 0.801. The Labute approximate surface area is 130 Å². The molecule has 3 rings (SSSR count). The van der Waals surface area contributed by atoms with Gasteiger partial charge in [-0.3, -0.25) is 4.79 Å². The van der Waals surface area contributed by atoms with Crippen LogP contribution in [0.1, 0.15) is 15.9 Å². The lowest BCUT2D eigenvalue weighted by Gasteiger charge is -2.11. The minimum absolute atomic E-state index is 0.0940. The van der Waals surface area contributed by atoms with Crippen molar-refractivity contribution in [1.29, 1.82) is 0 Å². The van der Waals surface area contributed by atoms with Gasteiger partial charge in [-0.05, 0) is 36.8 Å². The predicted octanol–water partition coefficient (Wildman–Crippen LogP) is 3.50. The van der Waals surface area contributed by atoms with Crippen LogP contribution in [0.4, 0.5) is 14.5 Å². The third-order valence-corrected chi connectivity index (χ3v) is 3.27. The highest BCUT2D eigenvalue weighted by Crippen LogP contribution is 2.26. The molecule has 23 heavy (non-hydrogen) atoms. The molecular formula is C16H13F2N3O2. The summed E-state index contributed by atoms with van der Waals surface area (Å²) in [5, 5.41) is 6.68. The maximum atomic E-state index is 12.4. The van der Waals surface area contributed by atoms with Gasteiger partial charge in [0.15, 0.2) is 0 Å². The van der Waals surface area contributed by atoms with Gasteiger partial charge in [0.1, 0.15) is 5.75 Å². The number of benzene rings is 1. The molecule has 118 valence electrons. The lowest BCUT2D eigenvalue weighted by molar-refractivity contribution is -0.0493. The van der Waals surface area contributed by atoms with Crippen LogP contribution in [0.15, 0.2) is 48.8 Å². The number of ether oxygens (including phenoxy) is 1. The van der Waals surface area contributed by atoms with Crippen molar-refractivity contribution in [3.8, 4) is 5.75 Å². The first kappa shape index (κ1) is 15.0. The number of rotatable bonds is 4. The number of amides is 1. The van der Waals surface area contributed by atoms with E-state index in [0.29, 0.717) is 11.1 Å². The minimum Gasteiger partial charge on any atom is -0.433 e. The summed E-state index contributed by atoms with van der Waals surface area (Å²) in [5.74, 6) is -0.542. The highest BCUT2D eigenvalue weighted by Gasteiger charge is 2.16. The third kappa shape index (κ3) is 3.13. The van der Waals surface area contributed by atoms with Gasteiger partial charge in [-0.25, -0.2) is 4.52 Å². The molecule has 0 radical (unpaired) electrons. The molecule has 2 heterocycles. The summed E-state index contributed by atoms with van der Waals surface area (Å²) in [7, 11) is 0. The van der Waals surface area contributed by atoms with Crippen LogP contribution in [-0.2, 0) is 0 Å². The van der Waals surface area contributed by atoms with Gasteiger partial charge in [0.25, 0.3) is 5.91 Å². The number of carbonyl (C=O) groups is 1. The van der Waals surface area contributed by atoms with E-state index in [1.165, 1.54) is 18.3 Å². The van der Waals surface area contributed by atoms with E-state index >= 15 is 0 Å². The van der Waals surface area contributed by atoms with Crippen LogP contribution in [0.5, 0.6) is 5.75 Å². The molecule has 0 unspecified atom stereocenters. The number of anilines is 1. The van der Waals surface area contributed by atoms with Gasteiger partial charge in [0.05, 0.1) is 23.0 Å². The van der Waals surface area contributed by atoms with E-state index in [1.54, 1.807) is 22.8 Å². The highest BCUT2D eigenvalue weighted by molar-refractivity contribution is 6.09. The molecule has 2 aromatic heterocycles. The molecule has 0 bridgehead atoms. The number of carbonyl (C=O) groups excluding carboxylic acids is 1. The normalized spacial score (nSPS) is 11.0. The minimum atomic E-state index is -2.97. The van der Waals surface area contributed by atoms with Crippen LogP contribution in [0.3, 0.4) is 0 Å². The van der Waals surface area contributed by atoms with Gasteiger partial charge in [0, 0.05) is 6.20 Å². The average Bonchev–Trinajstić information content (AvgIpc) is 2.91. The van der Waals surface area contributed by atoms with Crippen LogP contribution in [0.2, 0.25) is 0 Å². The monoisotopic (exact) mass is 317 g/mol. The standard InChI is InChI=1S/C16H13F2N3O2/c1-10-6-7-21-13(8-10)11(9-19-21)15(22)20-12-4-2-3-5-14(12)23-16(17)18/h2-9,16H,1H3,(H,20,22). The number of alkyl halides is 2. The molecule has 3 aromatic rings. The Morgan fingerprint density at radius 2 is 2.09 bits per heavy atom. The van der Waals surface area contributed by atoms with E-state index in [2.05, 4.69) is 15.2 Å². The second kappa shape index (κ2) is 6.04. The summed E-state index contributed by atoms with van der Waals surface area (Å²) in [4.78, 5) is 12.4. The van der Waals surface area contributed by atoms with E-state index < -0.39 is 12.5 Å². The highest BCUT2D eigenvalue weighted by atomic mass is 19.3. The first-order chi connectivity index (χ1) is 11.0. The number of hydrogen-bond donors (Lipinski definition) is 1. The number of hydrogen-bond acceptors (Lipinski definition) is 3. The maximum Gasteiger partial charge on any atom is 0.387 e. The van der Waals surface area contributed by atoms with Crippen LogP contribution in [-0.4, -0.2) is 22.1 Å². The van der Waals surface area contributed by atoms with Crippen molar-refractivity contribution in [2.75, 3.05) is 5.32 Å². The number of nitrogens with zero attached hydrogens (tertiary/aromatic N) is 2. The first-order valence-corrected chi connectivity index (χ1v) is 6.84. The Kier molecular flexibility index (Phi) is 3.92. The number of aryl methyl sites for hydroxylation is 1. The summed E-state index contributed by atoms with van der Waals surface area (Å²) in [6.07, 6.45) is 3.18. The van der Waals surface area contributed by atoms with Crippen LogP contribution in [0.25, 0.3) is 5.52 Å². The molecule has 1 aromatic carbocycles. The van der Waals surface area contributed by atoms with Gasteiger partial charge in [-0.2, -0.15) is 13.9 Å². The van der Waals surface area contributed by atoms with Gasteiger partial charge in [-0.1, -0.05) is 12.1 Å². The second-order valence-corrected chi connectivity index (χ2v) is 4.92. The molecule has 0 saturated carbocycles. The van der Waals surface area contributed by atoms with E-state index in [0.717, 1.165) is 5.56 Å². The number of fused-ring (bicyclic) bond motifs is 1. The summed E-state index contributed by atoms with van der Waals surface area (Å²) in [5.41, 5.74) is 2.13. The molecular weight excluding hydrogens is 304 g/mol. The largest absolute Gasteiger partial charge is 0.433 e. The molecule has 7 heteroatoms. The number of nitrogens with one attached hydrogen (secondary N) is 1. The van der Waals surface area contributed by atoms with Crippen molar-refractivity contribution in [3.63, 3.8) is 0 Å². The van der Waals surface area contributed by atoms with Gasteiger partial charge in [0.2, 0.25) is 0 Å². The van der Waals surface area contributed by atoms with Gasteiger partial charge in [-0.15, -0.1) is 0 Å². The van der Waals surface area contributed by atoms with Crippen molar-refractivity contribution in [2.45, 2.75) is 13.5 Å². The number of para-hydroxylation sites is 2. The molecule has 0 fully saturated rings. The number of pyridine rings is 1. The summed E-state index contributed by atoms with van der Waals surface area (Å²) < 4.78 is 30.8. The fraction of sp³-hybridized carbons (Fsp3) is 0.125. The predicted molar refractivity (Wildman–Crippen MR) is 81.0 cm³/mol. The SMILES string of the molecule is Cc1ccn2ncc(C(=O)Nc3ccccc3OC(F)F)c2c1. The van der Waals surface area contributed by atoms with Crippen molar-refractivity contribution >= 4 is 17.1 Å². The van der Waals surface area contributed by atoms with E-state index in [1.807, 2.05) is 19.1 Å².